The number of hydrogen-bond donors (Lipinski definition) is 3. The van der Waals surface area contributed by atoms with E-state index in [1.807, 2.05) is 48.5 Å². The van der Waals surface area contributed by atoms with Gasteiger partial charge in [-0.05, 0) is 54.7 Å². The largest absolute Gasteiger partial charge is 0.497 e. The highest BCUT2D eigenvalue weighted by Crippen LogP contribution is 2.30. The molecule has 146 valence electrons. The first-order valence-electron chi connectivity index (χ1n) is 8.55. The number of aromatic nitrogens is 1. The van der Waals surface area contributed by atoms with E-state index in [9.17, 15) is 0 Å². The van der Waals surface area contributed by atoms with Gasteiger partial charge in [-0.2, -0.15) is 0 Å². The average Bonchev–Trinajstić information content (AvgIpc) is 2.74. The lowest BCUT2D eigenvalue weighted by molar-refractivity contribution is 0.415. The minimum atomic E-state index is 0.449. The number of methoxy groups -OCH3 is 1. The van der Waals surface area contributed by atoms with Gasteiger partial charge in [0.15, 0.2) is 0 Å². The van der Waals surface area contributed by atoms with E-state index >= 15 is 0 Å². The Balaban J connectivity index is 0.000000300. The van der Waals surface area contributed by atoms with Crippen molar-refractivity contribution < 1.29 is 9.47 Å². The van der Waals surface area contributed by atoms with Gasteiger partial charge in [-0.1, -0.05) is 0 Å². The van der Waals surface area contributed by atoms with Crippen LogP contribution in [0.4, 0.5) is 0 Å². The van der Waals surface area contributed by atoms with E-state index in [-0.39, 0.29) is 0 Å². The van der Waals surface area contributed by atoms with E-state index in [0.29, 0.717) is 6.54 Å². The maximum atomic E-state index is 5.91. The van der Waals surface area contributed by atoms with Crippen molar-refractivity contribution in [1.82, 2.24) is 4.98 Å². The second kappa shape index (κ2) is 11.0. The minimum Gasteiger partial charge on any atom is -0.497 e. The van der Waals surface area contributed by atoms with Gasteiger partial charge >= 0.3 is 0 Å². The molecular weight excluding hydrogens is 372 g/mol. The highest BCUT2D eigenvalue weighted by molar-refractivity contribution is 7.80. The summed E-state index contributed by atoms with van der Waals surface area (Å²) in [6, 6.07) is 15.1. The van der Waals surface area contributed by atoms with Crippen LogP contribution in [0.5, 0.6) is 17.2 Å². The normalized spacial score (nSPS) is 11.2. The van der Waals surface area contributed by atoms with Gasteiger partial charge in [0.1, 0.15) is 17.2 Å². The Morgan fingerprint density at radius 2 is 1.86 bits per heavy atom. The van der Waals surface area contributed by atoms with E-state index in [4.69, 9.17) is 20.9 Å². The summed E-state index contributed by atoms with van der Waals surface area (Å²) >= 11 is 4.26. The number of ether oxygens (including phenoxy) is 2. The van der Waals surface area contributed by atoms with Crippen molar-refractivity contribution in [2.24, 2.45) is 16.5 Å². The molecule has 0 fully saturated rings. The molecule has 0 unspecified atom stereocenters. The van der Waals surface area contributed by atoms with E-state index in [1.165, 1.54) is 6.20 Å². The van der Waals surface area contributed by atoms with Crippen molar-refractivity contribution in [2.45, 2.75) is 4.90 Å². The number of benzene rings is 2. The molecule has 3 rings (SSSR count). The van der Waals surface area contributed by atoms with Gasteiger partial charge in [-0.25, -0.2) is 0 Å². The number of hydrogen-bond acceptors (Lipinski definition) is 7. The summed E-state index contributed by atoms with van der Waals surface area (Å²) in [5, 5.41) is 0.947. The van der Waals surface area contributed by atoms with Gasteiger partial charge in [0, 0.05) is 41.8 Å². The monoisotopic (exact) mass is 396 g/mol. The summed E-state index contributed by atoms with van der Waals surface area (Å²) in [6.07, 6.45) is 4.83. The molecule has 2 aromatic carbocycles. The van der Waals surface area contributed by atoms with Gasteiger partial charge in [0.25, 0.3) is 0 Å². The number of pyridine rings is 1. The first kappa shape index (κ1) is 21.3. The Bertz CT molecular complexity index is 954. The summed E-state index contributed by atoms with van der Waals surface area (Å²) in [5.74, 6) is 2.32. The second-order valence-electron chi connectivity index (χ2n) is 5.57. The molecule has 0 amide bonds. The van der Waals surface area contributed by atoms with Crippen LogP contribution < -0.4 is 20.9 Å². The molecule has 0 bridgehead atoms. The molecule has 1 heterocycles. The van der Waals surface area contributed by atoms with Crippen LogP contribution in [-0.2, 0) is 0 Å². The molecule has 4 N–H and O–H groups in total. The standard InChI is InChI=1S/C16H13NO2S.C5H11N3/c1-18-12-4-7-14-15(10-12)17-9-8-16(14)19-11-2-5-13(20)6-3-11;1-8-5(4-7)2-3-6/h2-10,20H,1H3;2-3H,4,6-7H2,1H3/b;3-2-,8-5?. The number of fused-ring (bicyclic) bond motifs is 1. The predicted octanol–water partition coefficient (Wildman–Crippen LogP) is 3.81. The van der Waals surface area contributed by atoms with Crippen molar-refractivity contribution in [1.29, 1.82) is 0 Å². The third-order valence-electron chi connectivity index (χ3n) is 3.76. The van der Waals surface area contributed by atoms with Crippen molar-refractivity contribution in [2.75, 3.05) is 20.7 Å². The Hall–Kier alpha value is -3.03. The molecule has 0 aliphatic heterocycles. The zero-order valence-electron chi connectivity index (χ0n) is 15.9. The maximum Gasteiger partial charge on any atom is 0.138 e. The summed E-state index contributed by atoms with van der Waals surface area (Å²) in [4.78, 5) is 9.06. The molecule has 7 heteroatoms. The Morgan fingerprint density at radius 1 is 1.14 bits per heavy atom. The summed E-state index contributed by atoms with van der Waals surface area (Å²) in [6.45, 7) is 0.449. The SMILES string of the molecule is CN=C(/C=C\N)CN.COc1ccc2c(Oc3ccc(S)cc3)ccnc2c1. The minimum absolute atomic E-state index is 0.449. The summed E-state index contributed by atoms with van der Waals surface area (Å²) in [7, 11) is 3.32. The number of thiol groups is 1. The molecule has 0 aliphatic carbocycles. The van der Waals surface area contributed by atoms with Crippen LogP contribution in [0.3, 0.4) is 0 Å². The van der Waals surface area contributed by atoms with Crippen LogP contribution in [0.15, 0.2) is 76.9 Å². The van der Waals surface area contributed by atoms with E-state index in [1.54, 1.807) is 26.4 Å². The quantitative estimate of drug-likeness (QED) is 0.450. The molecule has 0 aliphatic rings. The highest BCUT2D eigenvalue weighted by atomic mass is 32.1. The molecule has 0 radical (unpaired) electrons. The fourth-order valence-corrected chi connectivity index (χ4v) is 2.45. The van der Waals surface area contributed by atoms with Crippen LogP contribution >= 0.6 is 12.6 Å². The topological polar surface area (TPSA) is 95.8 Å². The van der Waals surface area contributed by atoms with Crippen LogP contribution in [0.25, 0.3) is 10.9 Å². The number of rotatable bonds is 5. The number of nitrogens with zero attached hydrogens (tertiary/aromatic N) is 2. The average molecular weight is 397 g/mol. The molecule has 0 spiro atoms. The Morgan fingerprint density at radius 3 is 2.43 bits per heavy atom. The fraction of sp³-hybridized carbons (Fsp3) is 0.143. The van der Waals surface area contributed by atoms with E-state index in [0.717, 1.165) is 38.8 Å². The lowest BCUT2D eigenvalue weighted by Crippen LogP contribution is -2.11. The zero-order valence-corrected chi connectivity index (χ0v) is 16.8. The lowest BCUT2D eigenvalue weighted by Gasteiger charge is -2.09. The first-order chi connectivity index (χ1) is 13.6. The summed E-state index contributed by atoms with van der Waals surface area (Å²) in [5.41, 5.74) is 11.9. The zero-order chi connectivity index (χ0) is 20.4. The van der Waals surface area contributed by atoms with Gasteiger partial charge in [0.2, 0.25) is 0 Å². The molecule has 28 heavy (non-hydrogen) atoms. The van der Waals surface area contributed by atoms with Crippen molar-refractivity contribution >= 4 is 29.2 Å². The molecule has 0 saturated heterocycles. The second-order valence-corrected chi connectivity index (χ2v) is 6.08. The highest BCUT2D eigenvalue weighted by Gasteiger charge is 2.05. The van der Waals surface area contributed by atoms with Gasteiger partial charge in [0.05, 0.1) is 12.6 Å². The van der Waals surface area contributed by atoms with Crippen LogP contribution in [0, 0.1) is 0 Å². The summed E-state index contributed by atoms with van der Waals surface area (Å²) < 4.78 is 11.1. The molecule has 0 atom stereocenters. The van der Waals surface area contributed by atoms with Crippen LogP contribution in [0.2, 0.25) is 0 Å². The molecule has 0 saturated carbocycles. The third kappa shape index (κ3) is 6.00. The smallest absolute Gasteiger partial charge is 0.138 e. The molecular formula is C21H24N4O2S. The Kier molecular flexibility index (Phi) is 8.33. The van der Waals surface area contributed by atoms with Gasteiger partial charge in [-0.15, -0.1) is 12.6 Å². The van der Waals surface area contributed by atoms with Crippen LogP contribution in [-0.4, -0.2) is 31.4 Å². The first-order valence-corrected chi connectivity index (χ1v) is 8.99. The van der Waals surface area contributed by atoms with Crippen molar-refractivity contribution in [3.05, 3.63) is 67.0 Å². The van der Waals surface area contributed by atoms with E-state index in [2.05, 4.69) is 22.6 Å². The fourth-order valence-electron chi connectivity index (χ4n) is 2.30. The van der Waals surface area contributed by atoms with E-state index < -0.39 is 0 Å². The van der Waals surface area contributed by atoms with Crippen molar-refractivity contribution in [3.63, 3.8) is 0 Å². The molecule has 1 aromatic heterocycles. The Labute approximate surface area is 170 Å². The van der Waals surface area contributed by atoms with Gasteiger partial charge < -0.3 is 20.9 Å². The third-order valence-corrected chi connectivity index (χ3v) is 4.06. The molecule has 6 nitrogen and oxygen atoms in total. The van der Waals surface area contributed by atoms with Crippen molar-refractivity contribution in [3.8, 4) is 17.2 Å². The number of aliphatic imine (C=N–C) groups is 1. The maximum absolute atomic E-state index is 5.91. The predicted molar refractivity (Wildman–Crippen MR) is 118 cm³/mol. The lowest BCUT2D eigenvalue weighted by atomic mass is 10.2. The van der Waals surface area contributed by atoms with Gasteiger partial charge in [-0.3, -0.25) is 9.98 Å². The van der Waals surface area contributed by atoms with Crippen LogP contribution in [0.1, 0.15) is 0 Å². The number of nitrogens with two attached hydrogens (primary N) is 2. The molecule has 3 aromatic rings.